The van der Waals surface area contributed by atoms with Gasteiger partial charge in [0, 0.05) is 23.8 Å². The fourth-order valence-corrected chi connectivity index (χ4v) is 4.51. The lowest BCUT2D eigenvalue weighted by Gasteiger charge is -2.33. The van der Waals surface area contributed by atoms with Crippen molar-refractivity contribution in [2.45, 2.75) is 45.6 Å². The minimum atomic E-state index is -0.700. The molecule has 2 aromatic carbocycles. The maximum absolute atomic E-state index is 13.1. The van der Waals surface area contributed by atoms with E-state index >= 15 is 0 Å². The highest BCUT2D eigenvalue weighted by atomic mass is 35.5. The maximum atomic E-state index is 13.1. The lowest BCUT2D eigenvalue weighted by molar-refractivity contribution is -0.120. The second-order valence-electron chi connectivity index (χ2n) is 8.87. The number of ether oxygens (including phenoxy) is 1. The third-order valence-corrected chi connectivity index (χ3v) is 6.62. The number of esters is 1. The van der Waals surface area contributed by atoms with Crippen molar-refractivity contribution >= 4 is 46.7 Å². The number of imide groups is 1. The Morgan fingerprint density at radius 1 is 1.06 bits per heavy atom. The van der Waals surface area contributed by atoms with E-state index in [0.29, 0.717) is 17.7 Å². The molecule has 1 N–H and O–H groups in total. The van der Waals surface area contributed by atoms with Crippen LogP contribution in [-0.4, -0.2) is 47.8 Å². The molecule has 2 aliphatic heterocycles. The van der Waals surface area contributed by atoms with Crippen molar-refractivity contribution in [2.75, 3.05) is 23.4 Å². The van der Waals surface area contributed by atoms with Gasteiger partial charge in [-0.25, -0.2) is 9.69 Å². The number of amides is 3. The van der Waals surface area contributed by atoms with E-state index in [2.05, 4.69) is 12.2 Å². The van der Waals surface area contributed by atoms with Gasteiger partial charge in [0.2, 0.25) is 0 Å². The van der Waals surface area contributed by atoms with Gasteiger partial charge in [0.05, 0.1) is 17.9 Å². The molecule has 3 amide bonds. The first-order valence-corrected chi connectivity index (χ1v) is 12.4. The predicted molar refractivity (Wildman–Crippen MR) is 137 cm³/mol. The summed E-state index contributed by atoms with van der Waals surface area (Å²) in [5.74, 6) is -1.91. The Bertz CT molecular complexity index is 1220. The van der Waals surface area contributed by atoms with E-state index in [1.54, 1.807) is 42.5 Å². The molecule has 1 saturated heterocycles. The van der Waals surface area contributed by atoms with Gasteiger partial charge in [0.1, 0.15) is 10.7 Å². The van der Waals surface area contributed by atoms with Crippen LogP contribution in [0.15, 0.2) is 59.3 Å². The lowest BCUT2D eigenvalue weighted by atomic mass is 10.0. The number of likely N-dealkylation sites (tertiary alicyclic amines) is 1. The molecule has 1 atom stereocenters. The van der Waals surface area contributed by atoms with Crippen LogP contribution >= 0.6 is 11.6 Å². The maximum Gasteiger partial charge on any atom is 0.338 e. The van der Waals surface area contributed by atoms with Crippen molar-refractivity contribution in [3.05, 3.63) is 70.4 Å². The summed E-state index contributed by atoms with van der Waals surface area (Å²) >= 11 is 6.24. The highest BCUT2D eigenvalue weighted by molar-refractivity contribution is 6.53. The zero-order chi connectivity index (χ0) is 25.8. The van der Waals surface area contributed by atoms with Gasteiger partial charge in [-0.05, 0) is 75.1 Å². The summed E-state index contributed by atoms with van der Waals surface area (Å²) in [7, 11) is 0. The van der Waals surface area contributed by atoms with Crippen molar-refractivity contribution in [2.24, 2.45) is 0 Å². The van der Waals surface area contributed by atoms with Crippen LogP contribution in [0.5, 0.6) is 0 Å². The zero-order valence-electron chi connectivity index (χ0n) is 20.3. The molecule has 2 aliphatic rings. The number of carbonyl (C=O) groups excluding carboxylic acids is 4. The van der Waals surface area contributed by atoms with Crippen molar-refractivity contribution in [1.82, 2.24) is 4.90 Å². The van der Waals surface area contributed by atoms with Crippen LogP contribution in [0.4, 0.5) is 11.4 Å². The van der Waals surface area contributed by atoms with E-state index in [9.17, 15) is 19.2 Å². The topological polar surface area (TPSA) is 96.0 Å². The van der Waals surface area contributed by atoms with Crippen LogP contribution in [0.3, 0.4) is 0 Å². The fraction of sp³-hybridized carbons (Fsp3) is 0.333. The summed E-state index contributed by atoms with van der Waals surface area (Å²) in [6.07, 6.45) is 3.79. The second-order valence-corrected chi connectivity index (χ2v) is 9.24. The van der Waals surface area contributed by atoms with E-state index in [-0.39, 0.29) is 40.5 Å². The smallest absolute Gasteiger partial charge is 0.338 e. The first-order chi connectivity index (χ1) is 17.3. The van der Waals surface area contributed by atoms with Gasteiger partial charge in [0.25, 0.3) is 17.7 Å². The SMILES string of the molecule is CCCOC(=O)c1cccc(N2C(=O)C(Cl)=C(Nc3ccc(C(=O)N4CCCCC4C)cc3)C2=O)c1. The number of hydrogen-bond donors (Lipinski definition) is 1. The van der Waals surface area contributed by atoms with Crippen LogP contribution in [0.2, 0.25) is 0 Å². The van der Waals surface area contributed by atoms with Gasteiger partial charge in [0.15, 0.2) is 0 Å². The molecule has 36 heavy (non-hydrogen) atoms. The normalized spacial score (nSPS) is 18.0. The number of rotatable bonds is 7. The minimum Gasteiger partial charge on any atom is -0.462 e. The number of halogens is 1. The van der Waals surface area contributed by atoms with Crippen LogP contribution in [0, 0.1) is 0 Å². The molecule has 0 spiro atoms. The summed E-state index contributed by atoms with van der Waals surface area (Å²) in [6.45, 7) is 4.95. The first kappa shape index (κ1) is 25.4. The molecule has 2 aromatic rings. The molecule has 0 aromatic heterocycles. The Hall–Kier alpha value is -3.65. The molecule has 4 rings (SSSR count). The highest BCUT2D eigenvalue weighted by Crippen LogP contribution is 2.31. The number of benzene rings is 2. The van der Waals surface area contributed by atoms with Crippen LogP contribution < -0.4 is 10.2 Å². The summed E-state index contributed by atoms with van der Waals surface area (Å²) in [4.78, 5) is 53.8. The monoisotopic (exact) mass is 509 g/mol. The van der Waals surface area contributed by atoms with Gasteiger partial charge in [-0.15, -0.1) is 0 Å². The third-order valence-electron chi connectivity index (χ3n) is 6.27. The molecule has 9 heteroatoms. The Morgan fingerprint density at radius 3 is 2.50 bits per heavy atom. The average molecular weight is 510 g/mol. The Balaban J connectivity index is 1.48. The van der Waals surface area contributed by atoms with E-state index in [1.165, 1.54) is 6.07 Å². The standard InChI is InChI=1S/C27H28ClN3O5/c1-3-15-36-27(35)19-8-6-9-21(16-19)31-25(33)22(28)23(26(31)34)29-20-12-10-18(11-13-20)24(32)30-14-5-4-7-17(30)2/h6,8-13,16-17,29H,3-5,7,14-15H2,1-2H3. The van der Waals surface area contributed by atoms with Crippen molar-refractivity contribution in [1.29, 1.82) is 0 Å². The summed E-state index contributed by atoms with van der Waals surface area (Å²) in [5.41, 5.74) is 1.41. The largest absolute Gasteiger partial charge is 0.462 e. The summed E-state index contributed by atoms with van der Waals surface area (Å²) in [6, 6.07) is 13.0. The van der Waals surface area contributed by atoms with Crippen molar-refractivity contribution < 1.29 is 23.9 Å². The molecule has 1 unspecified atom stereocenters. The fourth-order valence-electron chi connectivity index (χ4n) is 4.30. The molecule has 0 radical (unpaired) electrons. The Kier molecular flexibility index (Phi) is 7.74. The summed E-state index contributed by atoms with van der Waals surface area (Å²) in [5, 5.41) is 2.65. The van der Waals surface area contributed by atoms with Gasteiger partial charge in [-0.1, -0.05) is 24.6 Å². The second kappa shape index (κ2) is 11.0. The van der Waals surface area contributed by atoms with Crippen LogP contribution in [-0.2, 0) is 14.3 Å². The molecule has 2 heterocycles. The predicted octanol–water partition coefficient (Wildman–Crippen LogP) is 4.70. The van der Waals surface area contributed by atoms with E-state index in [4.69, 9.17) is 16.3 Å². The van der Waals surface area contributed by atoms with Gasteiger partial charge >= 0.3 is 5.97 Å². The van der Waals surface area contributed by atoms with Crippen LogP contribution in [0.25, 0.3) is 0 Å². The minimum absolute atomic E-state index is 0.0263. The molecule has 8 nitrogen and oxygen atoms in total. The number of anilines is 2. The number of nitrogens with zero attached hydrogens (tertiary/aromatic N) is 2. The number of nitrogens with one attached hydrogen (secondary N) is 1. The molecule has 0 aliphatic carbocycles. The zero-order valence-corrected chi connectivity index (χ0v) is 21.0. The molecule has 188 valence electrons. The molecule has 0 bridgehead atoms. The first-order valence-electron chi connectivity index (χ1n) is 12.1. The van der Waals surface area contributed by atoms with Crippen molar-refractivity contribution in [3.8, 4) is 0 Å². The number of piperidine rings is 1. The highest BCUT2D eigenvalue weighted by Gasteiger charge is 2.39. The van der Waals surface area contributed by atoms with Crippen LogP contribution in [0.1, 0.15) is 60.2 Å². The lowest BCUT2D eigenvalue weighted by Crippen LogP contribution is -2.42. The van der Waals surface area contributed by atoms with Gasteiger partial charge in [-0.2, -0.15) is 0 Å². The third kappa shape index (κ3) is 5.14. The average Bonchev–Trinajstić information content (AvgIpc) is 3.10. The molecular formula is C27H28ClN3O5. The summed E-state index contributed by atoms with van der Waals surface area (Å²) < 4.78 is 5.14. The Morgan fingerprint density at radius 2 is 1.81 bits per heavy atom. The molecular weight excluding hydrogens is 482 g/mol. The Labute approximate surface area is 214 Å². The molecule has 1 fully saturated rings. The number of carbonyl (C=O) groups is 4. The molecule has 0 saturated carbocycles. The van der Waals surface area contributed by atoms with E-state index in [1.807, 2.05) is 11.8 Å². The van der Waals surface area contributed by atoms with Gasteiger partial charge < -0.3 is 15.0 Å². The van der Waals surface area contributed by atoms with E-state index in [0.717, 1.165) is 30.7 Å². The number of hydrogen-bond acceptors (Lipinski definition) is 6. The van der Waals surface area contributed by atoms with E-state index < -0.39 is 17.8 Å². The van der Waals surface area contributed by atoms with Crippen molar-refractivity contribution in [3.63, 3.8) is 0 Å². The van der Waals surface area contributed by atoms with Gasteiger partial charge in [-0.3, -0.25) is 14.4 Å². The quantitative estimate of drug-likeness (QED) is 0.429.